The van der Waals surface area contributed by atoms with Crippen LogP contribution in [0.1, 0.15) is 61.7 Å². The molecule has 290 valence electrons. The summed E-state index contributed by atoms with van der Waals surface area (Å²) >= 11 is 13.0. The number of benzene rings is 2. The zero-order chi connectivity index (χ0) is 40.7. The fraction of sp³-hybridized carbons (Fsp3) is 0.302. The molecule has 6 N–H and O–H groups in total. The Morgan fingerprint density at radius 2 is 1.16 bits per heavy atom. The Balaban J connectivity index is 0.000000174. The number of nitrogens with zero attached hydrogens (tertiary/aromatic N) is 6. The van der Waals surface area contributed by atoms with Gasteiger partial charge >= 0.3 is 5.97 Å². The van der Waals surface area contributed by atoms with Crippen LogP contribution in [0.5, 0.6) is 0 Å². The Morgan fingerprint density at radius 3 is 1.56 bits per heavy atom. The van der Waals surface area contributed by atoms with Crippen molar-refractivity contribution in [3.63, 3.8) is 0 Å². The van der Waals surface area contributed by atoms with E-state index >= 15 is 0 Å². The lowest BCUT2D eigenvalue weighted by Crippen LogP contribution is -2.21. The fourth-order valence-corrected chi connectivity index (χ4v) is 8.81. The largest absolute Gasteiger partial charge is 0.469 e. The molecule has 57 heavy (non-hydrogen) atoms. The van der Waals surface area contributed by atoms with Crippen molar-refractivity contribution < 1.29 is 14.3 Å². The van der Waals surface area contributed by atoms with Crippen LogP contribution < -0.4 is 17.2 Å². The van der Waals surface area contributed by atoms with Gasteiger partial charge in [-0.15, -0.1) is 0 Å². The number of aromatic nitrogens is 4. The van der Waals surface area contributed by atoms with E-state index in [1.54, 1.807) is 12.4 Å². The van der Waals surface area contributed by atoms with E-state index in [-0.39, 0.29) is 35.8 Å². The molecular weight excluding hydrogens is 761 g/mol. The first-order valence-electron chi connectivity index (χ1n) is 18.6. The minimum Gasteiger partial charge on any atom is -0.469 e. The molecule has 1 amide bonds. The number of nitrogens with two attached hydrogens (primary N) is 3. The third kappa shape index (κ3) is 7.23. The quantitative estimate of drug-likeness (QED) is 0.111. The fourth-order valence-electron chi connectivity index (χ4n) is 8.41. The molecule has 4 atom stereocenters. The van der Waals surface area contributed by atoms with Gasteiger partial charge in [0, 0.05) is 76.1 Å². The van der Waals surface area contributed by atoms with Gasteiger partial charge in [-0.25, -0.2) is 9.69 Å². The number of pyridine rings is 2. The van der Waals surface area contributed by atoms with E-state index in [2.05, 4.69) is 28.8 Å². The molecule has 2 saturated carbocycles. The van der Waals surface area contributed by atoms with Gasteiger partial charge < -0.3 is 31.1 Å². The minimum absolute atomic E-state index is 0.0906. The number of anilines is 2. The minimum atomic E-state index is -0.242. The monoisotopic (exact) mass is 801 g/mol. The predicted octanol–water partition coefficient (Wildman–Crippen LogP) is 9.94. The number of hydrogen-bond donors (Lipinski definition) is 3. The highest BCUT2D eigenvalue weighted by atomic mass is 35.5. The standard InChI is InChI=1S/C22H21ClN4O2.C21H20ClN5O/c1-12-6-20-15(8-19(12)25-2)17(16-9-26-10-18(24)21(16)23)11-27(20)14-5-4-13(7-14)22(28)29-3;1-11-5-19-14(7-18(11)25-2)16(15-8-26-9-17(23)20(15)22)10-27(19)13-4-3-12(6-13)21(24)28/h6,8-11,13-14H,4-5,7,24H2,1,3H3;5,7-10,12-13H,3-4,6,23H2,1H3,(H2,24,28). The molecule has 0 aliphatic heterocycles. The van der Waals surface area contributed by atoms with Gasteiger partial charge in [0.1, 0.15) is 0 Å². The zero-order valence-electron chi connectivity index (χ0n) is 31.7. The topological polar surface area (TPSA) is 166 Å². The van der Waals surface area contributed by atoms with Crippen LogP contribution in [-0.4, -0.2) is 38.1 Å². The first kappa shape index (κ1) is 39.2. The lowest BCUT2D eigenvalue weighted by atomic mass is 10.0. The van der Waals surface area contributed by atoms with Crippen LogP contribution in [0.25, 0.3) is 53.7 Å². The number of fused-ring (bicyclic) bond motifs is 2. The summed E-state index contributed by atoms with van der Waals surface area (Å²) < 4.78 is 9.33. The molecule has 0 bridgehead atoms. The van der Waals surface area contributed by atoms with Crippen LogP contribution in [0.15, 0.2) is 61.4 Å². The third-order valence-electron chi connectivity index (χ3n) is 11.5. The molecule has 6 aromatic rings. The molecule has 2 aliphatic rings. The van der Waals surface area contributed by atoms with Crippen molar-refractivity contribution in [1.82, 2.24) is 19.1 Å². The molecule has 0 spiro atoms. The molecule has 14 heteroatoms. The lowest BCUT2D eigenvalue weighted by molar-refractivity contribution is -0.145. The first-order chi connectivity index (χ1) is 27.3. The van der Waals surface area contributed by atoms with Crippen LogP contribution in [0.2, 0.25) is 10.0 Å². The Morgan fingerprint density at radius 1 is 0.719 bits per heavy atom. The molecule has 4 aromatic heterocycles. The predicted molar refractivity (Wildman–Crippen MR) is 225 cm³/mol. The molecule has 0 radical (unpaired) electrons. The third-order valence-corrected chi connectivity index (χ3v) is 12.3. The van der Waals surface area contributed by atoms with E-state index in [0.29, 0.717) is 39.2 Å². The summed E-state index contributed by atoms with van der Waals surface area (Å²) in [4.78, 5) is 39.3. The number of amides is 1. The Hall–Kier alpha value is -6.08. The highest BCUT2D eigenvalue weighted by Gasteiger charge is 2.33. The van der Waals surface area contributed by atoms with Crippen molar-refractivity contribution in [2.75, 3.05) is 18.6 Å². The number of aryl methyl sites for hydroxylation is 2. The Bertz CT molecular complexity index is 2670. The van der Waals surface area contributed by atoms with E-state index in [1.165, 1.54) is 19.5 Å². The molecule has 2 aliphatic carbocycles. The Labute approximate surface area is 340 Å². The average Bonchev–Trinajstić information content (AvgIpc) is 4.02. The molecular formula is C43H41Cl2N9O3. The van der Waals surface area contributed by atoms with E-state index in [0.717, 1.165) is 87.3 Å². The smallest absolute Gasteiger partial charge is 0.308 e. The summed E-state index contributed by atoms with van der Waals surface area (Å²) in [6.07, 6.45) is 15.3. The summed E-state index contributed by atoms with van der Waals surface area (Å²) in [6.45, 7) is 18.8. The van der Waals surface area contributed by atoms with Gasteiger partial charge in [0.25, 0.3) is 0 Å². The highest BCUT2D eigenvalue weighted by Crippen LogP contribution is 2.46. The van der Waals surface area contributed by atoms with Crippen LogP contribution in [-0.2, 0) is 14.3 Å². The van der Waals surface area contributed by atoms with Gasteiger partial charge in [-0.05, 0) is 98.5 Å². The number of halogens is 2. The SMILES string of the molecule is [C-]#[N+]c1cc2c(-c3cncc(N)c3Cl)cn(C3CCC(C(=O)OC)C3)c2cc1C.[C-]#[N+]c1cc2c(-c3cncc(N)c3Cl)cn(C3CCC(C(N)=O)C3)c2cc1C. The van der Waals surface area contributed by atoms with Crippen LogP contribution in [0.3, 0.4) is 0 Å². The summed E-state index contributed by atoms with van der Waals surface area (Å²) in [6, 6.07) is 8.18. The molecule has 4 heterocycles. The summed E-state index contributed by atoms with van der Waals surface area (Å²) in [5.41, 5.74) is 26.6. The van der Waals surface area contributed by atoms with Gasteiger partial charge in [-0.1, -0.05) is 23.2 Å². The number of methoxy groups -OCH3 is 1. The van der Waals surface area contributed by atoms with Crippen molar-refractivity contribution in [1.29, 1.82) is 0 Å². The van der Waals surface area contributed by atoms with Crippen LogP contribution in [0, 0.1) is 38.8 Å². The number of nitrogen functional groups attached to an aromatic ring is 2. The van der Waals surface area contributed by atoms with Crippen LogP contribution in [0.4, 0.5) is 22.7 Å². The van der Waals surface area contributed by atoms with Gasteiger partial charge in [0.2, 0.25) is 5.91 Å². The number of carbonyl (C=O) groups excluding carboxylic acids is 2. The van der Waals surface area contributed by atoms with E-state index in [1.807, 2.05) is 50.5 Å². The van der Waals surface area contributed by atoms with Crippen molar-refractivity contribution in [3.8, 4) is 22.3 Å². The van der Waals surface area contributed by atoms with E-state index in [9.17, 15) is 9.59 Å². The van der Waals surface area contributed by atoms with Gasteiger partial charge in [0.15, 0.2) is 11.4 Å². The summed E-state index contributed by atoms with van der Waals surface area (Å²) in [5, 5.41) is 2.74. The van der Waals surface area contributed by atoms with Crippen molar-refractivity contribution in [2.24, 2.45) is 17.6 Å². The van der Waals surface area contributed by atoms with Crippen molar-refractivity contribution in [3.05, 3.63) is 105 Å². The second kappa shape index (κ2) is 15.8. The van der Waals surface area contributed by atoms with Crippen molar-refractivity contribution >= 4 is 79.6 Å². The van der Waals surface area contributed by atoms with Gasteiger partial charge in [-0.3, -0.25) is 19.6 Å². The molecule has 4 unspecified atom stereocenters. The van der Waals surface area contributed by atoms with E-state index < -0.39 is 0 Å². The maximum Gasteiger partial charge on any atom is 0.308 e. The normalized spacial score (nSPS) is 18.9. The van der Waals surface area contributed by atoms with Gasteiger partial charge in [-0.2, -0.15) is 0 Å². The summed E-state index contributed by atoms with van der Waals surface area (Å²) in [5.74, 6) is -0.591. The lowest BCUT2D eigenvalue weighted by Gasteiger charge is -2.15. The number of hydrogen-bond acceptors (Lipinski definition) is 7. The number of rotatable bonds is 6. The molecule has 2 aromatic carbocycles. The highest BCUT2D eigenvalue weighted by molar-refractivity contribution is 6.36. The van der Waals surface area contributed by atoms with E-state index in [4.69, 9.17) is 58.3 Å². The number of primary amides is 1. The molecule has 2 fully saturated rings. The molecule has 12 nitrogen and oxygen atoms in total. The zero-order valence-corrected chi connectivity index (χ0v) is 33.2. The van der Waals surface area contributed by atoms with Crippen LogP contribution >= 0.6 is 23.2 Å². The van der Waals surface area contributed by atoms with Crippen molar-refractivity contribution in [2.45, 2.75) is 64.5 Å². The second-order valence-electron chi connectivity index (χ2n) is 14.9. The number of esters is 1. The number of ether oxygens (including phenoxy) is 1. The summed E-state index contributed by atoms with van der Waals surface area (Å²) in [7, 11) is 1.43. The second-order valence-corrected chi connectivity index (χ2v) is 15.6. The molecule has 0 saturated heterocycles. The Kier molecular flexibility index (Phi) is 10.9. The molecule has 8 rings (SSSR count). The maximum atomic E-state index is 12.0. The van der Waals surface area contributed by atoms with Gasteiger partial charge in [0.05, 0.1) is 60.0 Å². The number of carbonyl (C=O) groups is 2. The maximum absolute atomic E-state index is 12.0. The average molecular weight is 803 g/mol. The first-order valence-corrected chi connectivity index (χ1v) is 19.3.